The Morgan fingerprint density at radius 2 is 1.76 bits per heavy atom. The number of benzene rings is 1. The third-order valence-electron chi connectivity index (χ3n) is 5.87. The molecule has 25 heavy (non-hydrogen) atoms. The second-order valence-electron chi connectivity index (χ2n) is 7.69. The van der Waals surface area contributed by atoms with Gasteiger partial charge in [0.15, 0.2) is 0 Å². The van der Waals surface area contributed by atoms with Crippen molar-refractivity contribution in [3.05, 3.63) is 35.9 Å². The molecule has 1 saturated heterocycles. The van der Waals surface area contributed by atoms with Crippen LogP contribution in [-0.4, -0.2) is 71.7 Å². The Labute approximate surface area is 151 Å². The molecule has 0 aromatic heterocycles. The van der Waals surface area contributed by atoms with E-state index in [1.807, 2.05) is 6.92 Å². The standard InChI is InChI=1S/C20H31N3O2/c1-2-23(19(24)25)17-20(9-6-10-20)16-22-13-11-21(12-14-22)15-18-7-4-3-5-8-18/h3-5,7-8H,2,6,9-17H2,1H3,(H,24,25). The van der Waals surface area contributed by atoms with Crippen LogP contribution in [0.4, 0.5) is 4.79 Å². The first-order chi connectivity index (χ1) is 12.1. The molecule has 1 N–H and O–H groups in total. The molecular formula is C20H31N3O2. The van der Waals surface area contributed by atoms with Crippen LogP contribution in [0.2, 0.25) is 0 Å². The molecule has 5 heteroatoms. The molecule has 1 heterocycles. The first kappa shape index (κ1) is 18.2. The average Bonchev–Trinajstić information content (AvgIpc) is 2.59. The summed E-state index contributed by atoms with van der Waals surface area (Å²) < 4.78 is 0. The van der Waals surface area contributed by atoms with E-state index in [9.17, 15) is 9.90 Å². The number of piperazine rings is 1. The minimum Gasteiger partial charge on any atom is -0.465 e. The van der Waals surface area contributed by atoms with Crippen LogP contribution in [0.15, 0.2) is 30.3 Å². The van der Waals surface area contributed by atoms with E-state index in [4.69, 9.17) is 0 Å². The van der Waals surface area contributed by atoms with Crippen LogP contribution in [0.25, 0.3) is 0 Å². The molecule has 0 spiro atoms. The Bertz CT molecular complexity index is 551. The van der Waals surface area contributed by atoms with Crippen molar-refractivity contribution in [1.82, 2.24) is 14.7 Å². The second-order valence-corrected chi connectivity index (χ2v) is 7.69. The summed E-state index contributed by atoms with van der Waals surface area (Å²) in [5.41, 5.74) is 1.57. The maximum atomic E-state index is 11.4. The van der Waals surface area contributed by atoms with Gasteiger partial charge in [-0.25, -0.2) is 4.79 Å². The van der Waals surface area contributed by atoms with Gasteiger partial charge in [0.1, 0.15) is 0 Å². The van der Waals surface area contributed by atoms with Crippen molar-refractivity contribution in [2.45, 2.75) is 32.7 Å². The largest absolute Gasteiger partial charge is 0.465 e. The first-order valence-electron chi connectivity index (χ1n) is 9.57. The van der Waals surface area contributed by atoms with E-state index >= 15 is 0 Å². The van der Waals surface area contributed by atoms with Gasteiger partial charge in [0, 0.05) is 57.8 Å². The molecule has 138 valence electrons. The molecule has 1 saturated carbocycles. The molecule has 1 aromatic rings. The quantitative estimate of drug-likeness (QED) is 0.825. The van der Waals surface area contributed by atoms with Crippen LogP contribution in [0.5, 0.6) is 0 Å². The van der Waals surface area contributed by atoms with E-state index in [-0.39, 0.29) is 5.41 Å². The molecule has 0 unspecified atom stereocenters. The highest BCUT2D eigenvalue weighted by Gasteiger charge is 2.41. The molecule has 1 amide bonds. The lowest BCUT2D eigenvalue weighted by Crippen LogP contribution is -2.54. The lowest BCUT2D eigenvalue weighted by molar-refractivity contribution is 0.0114. The predicted octanol–water partition coefficient (Wildman–Crippen LogP) is 2.97. The van der Waals surface area contributed by atoms with Crippen LogP contribution in [0, 0.1) is 5.41 Å². The fourth-order valence-electron chi connectivity index (χ4n) is 4.18. The SMILES string of the molecule is CCN(CC1(CN2CCN(Cc3ccccc3)CC2)CCC1)C(=O)O. The number of nitrogens with zero attached hydrogens (tertiary/aromatic N) is 3. The Morgan fingerprint density at radius 3 is 2.28 bits per heavy atom. The van der Waals surface area contributed by atoms with Crippen molar-refractivity contribution in [2.75, 3.05) is 45.8 Å². The van der Waals surface area contributed by atoms with Gasteiger partial charge in [-0.3, -0.25) is 4.90 Å². The number of carbonyl (C=O) groups is 1. The van der Waals surface area contributed by atoms with E-state index in [0.717, 1.165) is 39.3 Å². The monoisotopic (exact) mass is 345 g/mol. The molecule has 5 nitrogen and oxygen atoms in total. The maximum Gasteiger partial charge on any atom is 0.407 e. The van der Waals surface area contributed by atoms with Gasteiger partial charge in [0.2, 0.25) is 0 Å². The zero-order valence-electron chi connectivity index (χ0n) is 15.4. The fourth-order valence-corrected chi connectivity index (χ4v) is 4.18. The minimum atomic E-state index is -0.776. The van der Waals surface area contributed by atoms with Crippen LogP contribution >= 0.6 is 0 Å². The smallest absolute Gasteiger partial charge is 0.407 e. The summed E-state index contributed by atoms with van der Waals surface area (Å²) >= 11 is 0. The third-order valence-corrected chi connectivity index (χ3v) is 5.87. The number of rotatable bonds is 7. The maximum absolute atomic E-state index is 11.4. The summed E-state index contributed by atoms with van der Waals surface area (Å²) in [7, 11) is 0. The topological polar surface area (TPSA) is 47.0 Å². The van der Waals surface area contributed by atoms with Crippen LogP contribution < -0.4 is 0 Å². The van der Waals surface area contributed by atoms with E-state index in [2.05, 4.69) is 40.1 Å². The van der Waals surface area contributed by atoms with E-state index in [0.29, 0.717) is 13.1 Å². The van der Waals surface area contributed by atoms with Gasteiger partial charge in [-0.1, -0.05) is 36.8 Å². The van der Waals surface area contributed by atoms with Crippen LogP contribution in [-0.2, 0) is 6.54 Å². The van der Waals surface area contributed by atoms with Crippen molar-refractivity contribution in [1.29, 1.82) is 0 Å². The molecular weight excluding hydrogens is 314 g/mol. The molecule has 0 bridgehead atoms. The first-order valence-corrected chi connectivity index (χ1v) is 9.57. The molecule has 0 radical (unpaired) electrons. The zero-order valence-corrected chi connectivity index (χ0v) is 15.4. The van der Waals surface area contributed by atoms with Crippen LogP contribution in [0.1, 0.15) is 31.7 Å². The molecule has 0 atom stereocenters. The lowest BCUT2D eigenvalue weighted by atomic mass is 9.68. The molecule has 2 aliphatic rings. The Hall–Kier alpha value is -1.59. The van der Waals surface area contributed by atoms with Gasteiger partial charge >= 0.3 is 6.09 Å². The highest BCUT2D eigenvalue weighted by molar-refractivity contribution is 5.64. The van der Waals surface area contributed by atoms with Gasteiger partial charge in [-0.15, -0.1) is 0 Å². The fraction of sp³-hybridized carbons (Fsp3) is 0.650. The number of hydrogen-bond acceptors (Lipinski definition) is 3. The van der Waals surface area contributed by atoms with Crippen molar-refractivity contribution in [3.63, 3.8) is 0 Å². The van der Waals surface area contributed by atoms with Crippen LogP contribution in [0.3, 0.4) is 0 Å². The van der Waals surface area contributed by atoms with E-state index in [1.165, 1.54) is 24.8 Å². The third kappa shape index (κ3) is 4.73. The van der Waals surface area contributed by atoms with Gasteiger partial charge in [-0.05, 0) is 25.3 Å². The number of amides is 1. The molecule has 3 rings (SSSR count). The highest BCUT2D eigenvalue weighted by Crippen LogP contribution is 2.42. The van der Waals surface area contributed by atoms with Crippen molar-refractivity contribution in [2.24, 2.45) is 5.41 Å². The summed E-state index contributed by atoms with van der Waals surface area (Å²) in [5, 5.41) is 9.34. The Balaban J connectivity index is 1.48. The van der Waals surface area contributed by atoms with Gasteiger partial charge < -0.3 is 14.9 Å². The molecule has 1 aliphatic heterocycles. The molecule has 1 aromatic carbocycles. The zero-order chi connectivity index (χ0) is 17.7. The van der Waals surface area contributed by atoms with Gasteiger partial charge in [0.05, 0.1) is 0 Å². The summed E-state index contributed by atoms with van der Waals surface area (Å²) in [6.07, 6.45) is 2.80. The van der Waals surface area contributed by atoms with Crippen molar-refractivity contribution in [3.8, 4) is 0 Å². The lowest BCUT2D eigenvalue weighted by Gasteiger charge is -2.48. The molecule has 2 fully saturated rings. The van der Waals surface area contributed by atoms with Crippen molar-refractivity contribution < 1.29 is 9.90 Å². The minimum absolute atomic E-state index is 0.190. The van der Waals surface area contributed by atoms with Gasteiger partial charge in [-0.2, -0.15) is 0 Å². The normalized spacial score (nSPS) is 20.8. The summed E-state index contributed by atoms with van der Waals surface area (Å²) in [6.45, 7) is 9.68. The Morgan fingerprint density at radius 1 is 1.12 bits per heavy atom. The Kier molecular flexibility index (Phi) is 5.97. The number of hydrogen-bond donors (Lipinski definition) is 1. The summed E-state index contributed by atoms with van der Waals surface area (Å²) in [6, 6.07) is 10.7. The highest BCUT2D eigenvalue weighted by atomic mass is 16.4. The second kappa shape index (κ2) is 8.19. The average molecular weight is 345 g/mol. The van der Waals surface area contributed by atoms with Crippen molar-refractivity contribution >= 4 is 6.09 Å². The number of carboxylic acid groups (broad SMARTS) is 1. The van der Waals surface area contributed by atoms with E-state index < -0.39 is 6.09 Å². The van der Waals surface area contributed by atoms with Gasteiger partial charge in [0.25, 0.3) is 0 Å². The summed E-state index contributed by atoms with van der Waals surface area (Å²) in [4.78, 5) is 18.0. The van der Waals surface area contributed by atoms with E-state index in [1.54, 1.807) is 4.90 Å². The molecule has 1 aliphatic carbocycles. The predicted molar refractivity (Wildman–Crippen MR) is 99.7 cm³/mol. The summed E-state index contributed by atoms with van der Waals surface area (Å²) in [5.74, 6) is 0.